The summed E-state index contributed by atoms with van der Waals surface area (Å²) in [7, 11) is 0. The van der Waals surface area contributed by atoms with Gasteiger partial charge in [-0.2, -0.15) is 0 Å². The van der Waals surface area contributed by atoms with Gasteiger partial charge in [0.25, 0.3) is 0 Å². The molecule has 0 unspecified atom stereocenters. The molecule has 3 aromatic carbocycles. The predicted molar refractivity (Wildman–Crippen MR) is 124 cm³/mol. The molecule has 5 aromatic rings. The van der Waals surface area contributed by atoms with E-state index in [1.807, 2.05) is 12.3 Å². The topological polar surface area (TPSA) is 17.8 Å². The summed E-state index contributed by atoms with van der Waals surface area (Å²) in [6.45, 7) is 4.65. The summed E-state index contributed by atoms with van der Waals surface area (Å²) in [6, 6.07) is 30.2. The van der Waals surface area contributed by atoms with Crippen LogP contribution < -0.4 is 0 Å². The van der Waals surface area contributed by atoms with Crippen LogP contribution in [0.3, 0.4) is 0 Å². The van der Waals surface area contributed by atoms with E-state index in [2.05, 4.69) is 103 Å². The number of hydrogen-bond acceptors (Lipinski definition) is 1. The van der Waals surface area contributed by atoms with Crippen LogP contribution in [0, 0.1) is 0 Å². The Bertz CT molecular complexity index is 1390. The van der Waals surface area contributed by atoms with Crippen molar-refractivity contribution in [3.05, 3.63) is 108 Å². The zero-order valence-electron chi connectivity index (χ0n) is 17.1. The summed E-state index contributed by atoms with van der Waals surface area (Å²) in [5.41, 5.74) is 9.07. The quantitative estimate of drug-likeness (QED) is 0.319. The van der Waals surface area contributed by atoms with Crippen LogP contribution in [0.25, 0.3) is 39.0 Å². The summed E-state index contributed by atoms with van der Waals surface area (Å²) in [6.07, 6.45) is 4.10. The fourth-order valence-electron chi connectivity index (χ4n) is 4.95. The van der Waals surface area contributed by atoms with Crippen LogP contribution in [0.4, 0.5) is 0 Å². The van der Waals surface area contributed by atoms with Crippen molar-refractivity contribution in [1.82, 2.24) is 9.55 Å². The Hall–Kier alpha value is -3.65. The minimum Gasteiger partial charge on any atom is -0.301 e. The Labute approximate surface area is 176 Å². The molecule has 0 fully saturated rings. The first kappa shape index (κ1) is 17.2. The lowest BCUT2D eigenvalue weighted by molar-refractivity contribution is 0.661. The molecule has 0 amide bonds. The van der Waals surface area contributed by atoms with Crippen molar-refractivity contribution >= 4 is 10.9 Å². The standard InChI is InChI=1S/C28H22N2/c1-28(2)23-11-7-6-10-21(23)27-22-16-17-30(25(22)14-13-24(27)28)26-15-12-20(18-29-26)19-8-4-3-5-9-19/h3-18H,1-2H3. The molecule has 2 heteroatoms. The van der Waals surface area contributed by atoms with Crippen molar-refractivity contribution in [2.24, 2.45) is 0 Å². The van der Waals surface area contributed by atoms with Gasteiger partial charge in [-0.1, -0.05) is 74.5 Å². The molecule has 0 radical (unpaired) electrons. The molecule has 144 valence electrons. The highest BCUT2D eigenvalue weighted by molar-refractivity contribution is 6.02. The predicted octanol–water partition coefficient (Wildman–Crippen LogP) is 7.00. The van der Waals surface area contributed by atoms with E-state index in [1.165, 1.54) is 38.7 Å². The zero-order chi connectivity index (χ0) is 20.3. The highest BCUT2D eigenvalue weighted by atomic mass is 15.0. The third-order valence-corrected chi connectivity index (χ3v) is 6.52. The van der Waals surface area contributed by atoms with Gasteiger partial charge in [-0.25, -0.2) is 4.98 Å². The van der Waals surface area contributed by atoms with E-state index in [4.69, 9.17) is 4.98 Å². The maximum atomic E-state index is 4.78. The van der Waals surface area contributed by atoms with E-state index >= 15 is 0 Å². The van der Waals surface area contributed by atoms with Crippen molar-refractivity contribution in [3.8, 4) is 28.1 Å². The number of pyridine rings is 1. The lowest BCUT2D eigenvalue weighted by Gasteiger charge is -2.21. The third kappa shape index (κ3) is 2.34. The van der Waals surface area contributed by atoms with Crippen LogP contribution >= 0.6 is 0 Å². The van der Waals surface area contributed by atoms with Crippen molar-refractivity contribution in [2.75, 3.05) is 0 Å². The lowest BCUT2D eigenvalue weighted by atomic mass is 9.82. The maximum absolute atomic E-state index is 4.78. The van der Waals surface area contributed by atoms with Gasteiger partial charge in [0.2, 0.25) is 0 Å². The molecule has 0 saturated heterocycles. The molecule has 0 saturated carbocycles. The van der Waals surface area contributed by atoms with Crippen LogP contribution in [0.15, 0.2) is 97.3 Å². The normalized spacial score (nSPS) is 13.9. The van der Waals surface area contributed by atoms with Gasteiger partial charge in [0.15, 0.2) is 0 Å². The monoisotopic (exact) mass is 386 g/mol. The van der Waals surface area contributed by atoms with Gasteiger partial charge in [-0.05, 0) is 52.1 Å². The van der Waals surface area contributed by atoms with Gasteiger partial charge in [-0.3, -0.25) is 0 Å². The molecule has 2 nitrogen and oxygen atoms in total. The second kappa shape index (κ2) is 6.17. The molecule has 0 aliphatic heterocycles. The Morgan fingerprint density at radius 1 is 0.700 bits per heavy atom. The summed E-state index contributed by atoms with van der Waals surface area (Å²) in [5.74, 6) is 0.940. The summed E-state index contributed by atoms with van der Waals surface area (Å²) >= 11 is 0. The second-order valence-electron chi connectivity index (χ2n) is 8.55. The van der Waals surface area contributed by atoms with E-state index < -0.39 is 0 Å². The van der Waals surface area contributed by atoms with Crippen LogP contribution in [0.1, 0.15) is 25.0 Å². The fourth-order valence-corrected chi connectivity index (χ4v) is 4.95. The first-order valence-electron chi connectivity index (χ1n) is 10.4. The number of fused-ring (bicyclic) bond motifs is 5. The fraction of sp³-hybridized carbons (Fsp3) is 0.107. The third-order valence-electron chi connectivity index (χ3n) is 6.52. The smallest absolute Gasteiger partial charge is 0.137 e. The van der Waals surface area contributed by atoms with Gasteiger partial charge in [0.1, 0.15) is 5.82 Å². The van der Waals surface area contributed by atoms with Crippen LogP contribution in [-0.4, -0.2) is 9.55 Å². The molecule has 30 heavy (non-hydrogen) atoms. The highest BCUT2D eigenvalue weighted by Crippen LogP contribution is 2.51. The van der Waals surface area contributed by atoms with E-state index in [1.54, 1.807) is 0 Å². The molecule has 0 bridgehead atoms. The molecule has 0 atom stereocenters. The Morgan fingerprint density at radius 2 is 1.50 bits per heavy atom. The Balaban J connectivity index is 1.50. The zero-order valence-corrected chi connectivity index (χ0v) is 17.1. The van der Waals surface area contributed by atoms with Gasteiger partial charge in [0, 0.05) is 28.8 Å². The maximum Gasteiger partial charge on any atom is 0.137 e. The molecular weight excluding hydrogens is 364 g/mol. The van der Waals surface area contributed by atoms with Crippen molar-refractivity contribution < 1.29 is 0 Å². The van der Waals surface area contributed by atoms with E-state index in [-0.39, 0.29) is 5.41 Å². The summed E-state index contributed by atoms with van der Waals surface area (Å²) in [5, 5.41) is 1.29. The SMILES string of the molecule is CC1(C)c2ccccc2-c2c1ccc1c2ccn1-c1ccc(-c2ccccc2)cn1. The van der Waals surface area contributed by atoms with Crippen LogP contribution in [0.2, 0.25) is 0 Å². The van der Waals surface area contributed by atoms with E-state index in [9.17, 15) is 0 Å². The molecule has 0 spiro atoms. The van der Waals surface area contributed by atoms with Gasteiger partial charge < -0.3 is 4.57 Å². The van der Waals surface area contributed by atoms with Crippen molar-refractivity contribution in [2.45, 2.75) is 19.3 Å². The van der Waals surface area contributed by atoms with Gasteiger partial charge in [0.05, 0.1) is 5.52 Å². The van der Waals surface area contributed by atoms with Gasteiger partial charge in [-0.15, -0.1) is 0 Å². The Morgan fingerprint density at radius 3 is 2.30 bits per heavy atom. The summed E-state index contributed by atoms with van der Waals surface area (Å²) < 4.78 is 2.19. The molecule has 0 N–H and O–H groups in total. The highest BCUT2D eigenvalue weighted by Gasteiger charge is 2.36. The average molecular weight is 386 g/mol. The minimum atomic E-state index is 0.0256. The number of rotatable bonds is 2. The second-order valence-corrected chi connectivity index (χ2v) is 8.55. The van der Waals surface area contributed by atoms with Gasteiger partial charge >= 0.3 is 0 Å². The van der Waals surface area contributed by atoms with Crippen molar-refractivity contribution in [1.29, 1.82) is 0 Å². The molecule has 1 aliphatic carbocycles. The molecule has 2 aromatic heterocycles. The largest absolute Gasteiger partial charge is 0.301 e. The summed E-state index contributed by atoms with van der Waals surface area (Å²) in [4.78, 5) is 4.78. The number of nitrogens with zero attached hydrogens (tertiary/aromatic N) is 2. The first-order chi connectivity index (χ1) is 14.6. The van der Waals surface area contributed by atoms with Crippen LogP contribution in [0.5, 0.6) is 0 Å². The number of aromatic nitrogens is 2. The number of benzene rings is 3. The van der Waals surface area contributed by atoms with Crippen LogP contribution in [-0.2, 0) is 5.41 Å². The molecule has 2 heterocycles. The first-order valence-corrected chi connectivity index (χ1v) is 10.4. The molecule has 1 aliphatic rings. The van der Waals surface area contributed by atoms with E-state index in [0.717, 1.165) is 11.4 Å². The lowest BCUT2D eigenvalue weighted by Crippen LogP contribution is -2.14. The Kier molecular flexibility index (Phi) is 3.54. The van der Waals surface area contributed by atoms with E-state index in [0.29, 0.717) is 0 Å². The minimum absolute atomic E-state index is 0.0256. The molecule has 6 rings (SSSR count). The molecular formula is C28H22N2. The average Bonchev–Trinajstić information content (AvgIpc) is 3.32. The number of hydrogen-bond donors (Lipinski definition) is 0. The van der Waals surface area contributed by atoms with Crippen molar-refractivity contribution in [3.63, 3.8) is 0 Å².